The first-order valence-electron chi connectivity index (χ1n) is 8.21. The molecule has 2 N–H and O–H groups in total. The molecule has 24 heavy (non-hydrogen) atoms. The maximum Gasteiger partial charge on any atom is 0.248 e. The van der Waals surface area contributed by atoms with Gasteiger partial charge in [-0.15, -0.1) is 0 Å². The average molecular weight is 352 g/mol. The van der Waals surface area contributed by atoms with Crippen LogP contribution in [0.15, 0.2) is 12.3 Å². The maximum atomic E-state index is 13.2. The molecule has 0 spiro atoms. The second-order valence-electron chi connectivity index (χ2n) is 6.56. The molecule has 2 fully saturated rings. The molecule has 0 aliphatic heterocycles. The van der Waals surface area contributed by atoms with Gasteiger partial charge in [-0.25, -0.2) is 18.7 Å². The van der Waals surface area contributed by atoms with E-state index in [4.69, 9.17) is 0 Å². The third-order valence-corrected chi connectivity index (χ3v) is 5.55. The molecule has 1 amide bonds. The molecule has 2 aliphatic carbocycles. The zero-order valence-corrected chi connectivity index (χ0v) is 13.8. The number of halogens is 2. The van der Waals surface area contributed by atoms with E-state index in [1.165, 1.54) is 11.3 Å². The maximum absolute atomic E-state index is 13.2. The monoisotopic (exact) mass is 352 g/mol. The SMILES string of the molecule is O=C(Nc1nccc2nc(NC3CCC(F)(F)CC3)sc12)C1CC1. The van der Waals surface area contributed by atoms with Gasteiger partial charge in [0.15, 0.2) is 10.9 Å². The zero-order chi connectivity index (χ0) is 16.7. The normalized spacial score (nSPS) is 20.9. The molecule has 0 atom stereocenters. The quantitative estimate of drug-likeness (QED) is 0.872. The number of pyridine rings is 1. The number of fused-ring (bicyclic) bond motifs is 1. The lowest BCUT2D eigenvalue weighted by Gasteiger charge is -2.28. The standard InChI is InChI=1S/C16H18F2N4OS/c17-16(18)6-3-10(4-7-16)20-15-21-11-5-8-19-13(12(11)24-15)22-14(23)9-1-2-9/h5,8-10H,1-4,6-7H2,(H,20,21)(H,19,22,23). The summed E-state index contributed by atoms with van der Waals surface area (Å²) in [4.78, 5) is 20.7. The molecule has 2 aromatic rings. The van der Waals surface area contributed by atoms with Crippen molar-refractivity contribution in [2.24, 2.45) is 5.92 Å². The molecule has 0 radical (unpaired) electrons. The second kappa shape index (κ2) is 5.91. The number of hydrogen-bond donors (Lipinski definition) is 2. The van der Waals surface area contributed by atoms with Crippen molar-refractivity contribution < 1.29 is 13.6 Å². The van der Waals surface area contributed by atoms with Crippen LogP contribution in [-0.4, -0.2) is 27.8 Å². The highest BCUT2D eigenvalue weighted by molar-refractivity contribution is 7.22. The molecule has 0 saturated heterocycles. The van der Waals surface area contributed by atoms with Crippen LogP contribution in [0.1, 0.15) is 38.5 Å². The number of nitrogens with one attached hydrogen (secondary N) is 2. The highest BCUT2D eigenvalue weighted by Crippen LogP contribution is 2.37. The van der Waals surface area contributed by atoms with E-state index < -0.39 is 5.92 Å². The fraction of sp³-hybridized carbons (Fsp3) is 0.562. The van der Waals surface area contributed by atoms with Gasteiger partial charge >= 0.3 is 0 Å². The van der Waals surface area contributed by atoms with E-state index in [0.717, 1.165) is 23.1 Å². The zero-order valence-electron chi connectivity index (χ0n) is 13.0. The molecule has 4 rings (SSSR count). The number of thiazole rings is 1. The summed E-state index contributed by atoms with van der Waals surface area (Å²) in [6.45, 7) is 0. The fourth-order valence-electron chi connectivity index (χ4n) is 2.93. The van der Waals surface area contributed by atoms with Gasteiger partial charge in [-0.1, -0.05) is 11.3 Å². The van der Waals surface area contributed by atoms with E-state index in [0.29, 0.717) is 23.8 Å². The van der Waals surface area contributed by atoms with Crippen LogP contribution in [0.5, 0.6) is 0 Å². The van der Waals surface area contributed by atoms with Gasteiger partial charge in [0.25, 0.3) is 0 Å². The van der Waals surface area contributed by atoms with Crippen molar-refractivity contribution in [3.63, 3.8) is 0 Å². The van der Waals surface area contributed by atoms with Crippen LogP contribution in [0.25, 0.3) is 10.2 Å². The fourth-order valence-corrected chi connectivity index (χ4v) is 3.91. The number of carbonyl (C=O) groups excluding carboxylic acids is 1. The highest BCUT2D eigenvalue weighted by Gasteiger charge is 2.35. The third kappa shape index (κ3) is 3.33. The van der Waals surface area contributed by atoms with Crippen LogP contribution in [0, 0.1) is 5.92 Å². The number of rotatable bonds is 4. The Morgan fingerprint density at radius 3 is 2.71 bits per heavy atom. The van der Waals surface area contributed by atoms with E-state index in [2.05, 4.69) is 20.6 Å². The predicted molar refractivity (Wildman–Crippen MR) is 89.6 cm³/mol. The molecule has 5 nitrogen and oxygen atoms in total. The number of carbonyl (C=O) groups is 1. The number of aromatic nitrogens is 2. The first kappa shape index (κ1) is 15.7. The number of hydrogen-bond acceptors (Lipinski definition) is 5. The minimum Gasteiger partial charge on any atom is -0.359 e. The number of alkyl halides is 2. The summed E-state index contributed by atoms with van der Waals surface area (Å²) in [5.74, 6) is -1.88. The lowest BCUT2D eigenvalue weighted by atomic mass is 9.92. The molecule has 2 aromatic heterocycles. The molecule has 0 aromatic carbocycles. The van der Waals surface area contributed by atoms with Crippen molar-refractivity contribution >= 4 is 38.4 Å². The van der Waals surface area contributed by atoms with Gasteiger partial charge in [0.05, 0.1) is 10.2 Å². The van der Waals surface area contributed by atoms with Crippen LogP contribution >= 0.6 is 11.3 Å². The summed E-state index contributed by atoms with van der Waals surface area (Å²) in [6.07, 6.45) is 4.20. The average Bonchev–Trinajstić information content (AvgIpc) is 3.30. The van der Waals surface area contributed by atoms with Gasteiger partial charge in [0.1, 0.15) is 0 Å². The Morgan fingerprint density at radius 1 is 1.25 bits per heavy atom. The van der Waals surface area contributed by atoms with Crippen LogP contribution in [0.4, 0.5) is 19.7 Å². The summed E-state index contributed by atoms with van der Waals surface area (Å²) < 4.78 is 27.3. The predicted octanol–water partition coefficient (Wildman–Crippen LogP) is 4.03. The van der Waals surface area contributed by atoms with Crippen molar-refractivity contribution in [2.75, 3.05) is 10.6 Å². The minimum atomic E-state index is -2.53. The molecule has 0 bridgehead atoms. The van der Waals surface area contributed by atoms with Crippen LogP contribution in [0.3, 0.4) is 0 Å². The van der Waals surface area contributed by atoms with Crippen LogP contribution in [0.2, 0.25) is 0 Å². The lowest BCUT2D eigenvalue weighted by molar-refractivity contribution is -0.117. The Morgan fingerprint density at radius 2 is 2.00 bits per heavy atom. The van der Waals surface area contributed by atoms with Gasteiger partial charge in [-0.05, 0) is 31.7 Å². The Labute approximate surface area is 141 Å². The molecule has 2 saturated carbocycles. The van der Waals surface area contributed by atoms with E-state index in [9.17, 15) is 13.6 Å². The number of anilines is 2. The van der Waals surface area contributed by atoms with E-state index in [1.807, 2.05) is 0 Å². The van der Waals surface area contributed by atoms with Crippen LogP contribution < -0.4 is 10.6 Å². The molecule has 2 heterocycles. The molecular weight excluding hydrogens is 334 g/mol. The first-order valence-corrected chi connectivity index (χ1v) is 9.03. The van der Waals surface area contributed by atoms with Crippen molar-refractivity contribution in [1.82, 2.24) is 9.97 Å². The molecule has 128 valence electrons. The summed E-state index contributed by atoms with van der Waals surface area (Å²) in [5.41, 5.74) is 0.754. The van der Waals surface area contributed by atoms with Crippen molar-refractivity contribution in [3.8, 4) is 0 Å². The lowest BCUT2D eigenvalue weighted by Crippen LogP contribution is -2.31. The third-order valence-electron chi connectivity index (χ3n) is 4.54. The van der Waals surface area contributed by atoms with Crippen molar-refractivity contribution in [3.05, 3.63) is 12.3 Å². The Balaban J connectivity index is 1.49. The van der Waals surface area contributed by atoms with Gasteiger partial charge < -0.3 is 10.6 Å². The van der Waals surface area contributed by atoms with E-state index >= 15 is 0 Å². The summed E-state index contributed by atoms with van der Waals surface area (Å²) >= 11 is 1.40. The smallest absolute Gasteiger partial charge is 0.248 e. The molecule has 0 unspecified atom stereocenters. The van der Waals surface area contributed by atoms with Crippen molar-refractivity contribution in [2.45, 2.75) is 50.5 Å². The highest BCUT2D eigenvalue weighted by atomic mass is 32.1. The largest absolute Gasteiger partial charge is 0.359 e. The summed E-state index contributed by atoms with van der Waals surface area (Å²) in [7, 11) is 0. The van der Waals surface area contributed by atoms with Gasteiger partial charge in [-0.2, -0.15) is 0 Å². The van der Waals surface area contributed by atoms with Crippen molar-refractivity contribution in [1.29, 1.82) is 0 Å². The first-order chi connectivity index (χ1) is 11.5. The van der Waals surface area contributed by atoms with Crippen LogP contribution in [-0.2, 0) is 4.79 Å². The molecule has 2 aliphatic rings. The van der Waals surface area contributed by atoms with E-state index in [-0.39, 0.29) is 30.7 Å². The second-order valence-corrected chi connectivity index (χ2v) is 7.56. The number of amides is 1. The molecule has 8 heteroatoms. The molecular formula is C16H18F2N4OS. The summed E-state index contributed by atoms with van der Waals surface area (Å²) in [6, 6.07) is 1.81. The minimum absolute atomic E-state index is 0.00687. The number of nitrogens with zero attached hydrogens (tertiary/aromatic N) is 2. The van der Waals surface area contributed by atoms with Gasteiger partial charge in [0.2, 0.25) is 11.8 Å². The Bertz CT molecular complexity index is 765. The summed E-state index contributed by atoms with van der Waals surface area (Å²) in [5, 5.41) is 6.82. The Hall–Kier alpha value is -1.83. The van der Waals surface area contributed by atoms with Gasteiger partial charge in [-0.3, -0.25) is 4.79 Å². The van der Waals surface area contributed by atoms with E-state index in [1.54, 1.807) is 12.3 Å². The topological polar surface area (TPSA) is 66.9 Å². The van der Waals surface area contributed by atoms with Gasteiger partial charge in [0, 0.05) is 31.0 Å². The Kier molecular flexibility index (Phi) is 3.86.